The van der Waals surface area contributed by atoms with Gasteiger partial charge in [0, 0.05) is 16.6 Å². The molecule has 1 amide bonds. The first-order chi connectivity index (χ1) is 9.66. The number of benzene rings is 1. The Morgan fingerprint density at radius 3 is 2.80 bits per heavy atom. The maximum Gasteiger partial charge on any atom is 0.251 e. The molecule has 2 rings (SSSR count). The first-order valence-corrected chi connectivity index (χ1v) is 8.19. The molecule has 3 nitrogen and oxygen atoms in total. The Balaban J connectivity index is 1.70. The van der Waals surface area contributed by atoms with Crippen LogP contribution in [0.1, 0.15) is 42.5 Å². The normalized spacial score (nSPS) is 16.1. The number of hydrogen-bond acceptors (Lipinski definition) is 2. The molecule has 1 N–H and O–H groups in total. The van der Waals surface area contributed by atoms with Gasteiger partial charge < -0.3 is 10.1 Å². The molecule has 20 heavy (non-hydrogen) atoms. The Morgan fingerprint density at radius 2 is 2.10 bits per heavy atom. The van der Waals surface area contributed by atoms with Crippen LogP contribution in [0.25, 0.3) is 0 Å². The Bertz CT molecular complexity index is 461. The Hall–Kier alpha value is -0.580. The van der Waals surface area contributed by atoms with Crippen LogP contribution in [0.15, 0.2) is 22.7 Å². The molecule has 1 aliphatic rings. The number of carbonyl (C=O) groups is 1. The van der Waals surface area contributed by atoms with Crippen LogP contribution in [0, 0.1) is 0 Å². The minimum Gasteiger partial charge on any atom is -0.376 e. The van der Waals surface area contributed by atoms with Crippen molar-refractivity contribution in [1.29, 1.82) is 0 Å². The minimum absolute atomic E-state index is 0.102. The van der Waals surface area contributed by atoms with Crippen LogP contribution in [0.4, 0.5) is 0 Å². The van der Waals surface area contributed by atoms with E-state index in [-0.39, 0.29) is 5.91 Å². The molecule has 0 unspecified atom stereocenters. The predicted molar refractivity (Wildman–Crippen MR) is 84.3 cm³/mol. The van der Waals surface area contributed by atoms with Crippen LogP contribution in [-0.4, -0.2) is 25.2 Å². The summed E-state index contributed by atoms with van der Waals surface area (Å²) in [7, 11) is 0. The van der Waals surface area contributed by atoms with E-state index in [1.54, 1.807) is 18.2 Å². The van der Waals surface area contributed by atoms with Gasteiger partial charge in [0.1, 0.15) is 0 Å². The van der Waals surface area contributed by atoms with Crippen molar-refractivity contribution < 1.29 is 9.53 Å². The van der Waals surface area contributed by atoms with Gasteiger partial charge in [0.25, 0.3) is 5.91 Å². The van der Waals surface area contributed by atoms with Crippen LogP contribution in [-0.2, 0) is 4.74 Å². The molecular weight excluding hydrogens is 342 g/mol. The van der Waals surface area contributed by atoms with Gasteiger partial charge in [-0.25, -0.2) is 0 Å². The lowest BCUT2D eigenvalue weighted by atomic mass is 9.98. The second-order valence-electron chi connectivity index (χ2n) is 5.02. The van der Waals surface area contributed by atoms with Crippen molar-refractivity contribution >= 4 is 33.4 Å². The smallest absolute Gasteiger partial charge is 0.251 e. The number of hydrogen-bond donors (Lipinski definition) is 1. The molecule has 1 aliphatic carbocycles. The first-order valence-electron chi connectivity index (χ1n) is 7.01. The van der Waals surface area contributed by atoms with E-state index in [1.807, 2.05) is 0 Å². The van der Waals surface area contributed by atoms with Crippen LogP contribution < -0.4 is 5.32 Å². The molecule has 0 atom stereocenters. The predicted octanol–water partition coefficient (Wildman–Crippen LogP) is 4.18. The van der Waals surface area contributed by atoms with Crippen molar-refractivity contribution in [3.05, 3.63) is 33.3 Å². The summed E-state index contributed by atoms with van der Waals surface area (Å²) in [5.41, 5.74) is 0.596. The second-order valence-corrected chi connectivity index (χ2v) is 6.28. The van der Waals surface area contributed by atoms with E-state index in [4.69, 9.17) is 16.3 Å². The number of ether oxygens (including phenoxy) is 1. The fourth-order valence-corrected chi connectivity index (χ4v) is 2.86. The zero-order valence-electron chi connectivity index (χ0n) is 11.3. The molecule has 0 bridgehead atoms. The summed E-state index contributed by atoms with van der Waals surface area (Å²) in [6.07, 6.45) is 6.52. The molecule has 110 valence electrons. The fraction of sp³-hybridized carbons (Fsp3) is 0.533. The van der Waals surface area contributed by atoms with E-state index < -0.39 is 0 Å². The zero-order valence-corrected chi connectivity index (χ0v) is 13.7. The van der Waals surface area contributed by atoms with Crippen molar-refractivity contribution in [3.63, 3.8) is 0 Å². The van der Waals surface area contributed by atoms with E-state index in [1.165, 1.54) is 19.3 Å². The third-order valence-corrected chi connectivity index (χ3v) is 4.69. The van der Waals surface area contributed by atoms with Crippen molar-refractivity contribution in [3.8, 4) is 0 Å². The molecule has 0 radical (unpaired) electrons. The lowest BCUT2D eigenvalue weighted by Gasteiger charge is -2.22. The highest BCUT2D eigenvalue weighted by Gasteiger charge is 2.13. The van der Waals surface area contributed by atoms with Crippen molar-refractivity contribution in [2.45, 2.75) is 38.2 Å². The molecule has 0 spiro atoms. The fourth-order valence-electron chi connectivity index (χ4n) is 2.36. The second kappa shape index (κ2) is 8.01. The highest BCUT2D eigenvalue weighted by molar-refractivity contribution is 9.10. The van der Waals surface area contributed by atoms with Gasteiger partial charge in [0.05, 0.1) is 17.7 Å². The monoisotopic (exact) mass is 359 g/mol. The number of carbonyl (C=O) groups excluding carboxylic acids is 1. The summed E-state index contributed by atoms with van der Waals surface area (Å²) < 4.78 is 6.49. The minimum atomic E-state index is -0.102. The molecule has 1 fully saturated rings. The Kier molecular flexibility index (Phi) is 6.33. The van der Waals surface area contributed by atoms with Crippen LogP contribution in [0.3, 0.4) is 0 Å². The van der Waals surface area contributed by atoms with Gasteiger partial charge in [0.2, 0.25) is 0 Å². The summed E-state index contributed by atoms with van der Waals surface area (Å²) in [5, 5.41) is 3.46. The number of amides is 1. The Morgan fingerprint density at radius 1 is 1.35 bits per heavy atom. The quantitative estimate of drug-likeness (QED) is 0.800. The van der Waals surface area contributed by atoms with Gasteiger partial charge in [-0.3, -0.25) is 4.79 Å². The molecule has 0 heterocycles. The highest BCUT2D eigenvalue weighted by Crippen LogP contribution is 2.23. The Labute approximate surface area is 133 Å². The molecule has 1 aromatic rings. The SMILES string of the molecule is O=C(NCCOC1CCCCC1)c1ccc(Cl)c(Br)c1. The molecular formula is C15H19BrClNO2. The maximum atomic E-state index is 11.9. The first kappa shape index (κ1) is 15.8. The zero-order chi connectivity index (χ0) is 14.4. The van der Waals surface area contributed by atoms with Gasteiger partial charge in [-0.15, -0.1) is 0 Å². The molecule has 5 heteroatoms. The third kappa shape index (κ3) is 4.76. The van der Waals surface area contributed by atoms with Crippen LogP contribution >= 0.6 is 27.5 Å². The van der Waals surface area contributed by atoms with Gasteiger partial charge >= 0.3 is 0 Å². The molecule has 0 aliphatic heterocycles. The lowest BCUT2D eigenvalue weighted by molar-refractivity contribution is 0.0299. The maximum absolute atomic E-state index is 11.9. The van der Waals surface area contributed by atoms with Crippen molar-refractivity contribution in [2.75, 3.05) is 13.2 Å². The summed E-state index contributed by atoms with van der Waals surface area (Å²) in [4.78, 5) is 11.9. The van der Waals surface area contributed by atoms with E-state index in [9.17, 15) is 4.79 Å². The molecule has 0 saturated heterocycles. The summed E-state index contributed by atoms with van der Waals surface area (Å²) >= 11 is 9.21. The van der Waals surface area contributed by atoms with Gasteiger partial charge in [-0.2, -0.15) is 0 Å². The van der Waals surface area contributed by atoms with E-state index in [2.05, 4.69) is 21.2 Å². The van der Waals surface area contributed by atoms with Crippen molar-refractivity contribution in [2.24, 2.45) is 0 Å². The summed E-state index contributed by atoms with van der Waals surface area (Å²) in [6.45, 7) is 1.11. The number of halogens is 2. The number of nitrogens with one attached hydrogen (secondary N) is 1. The molecule has 0 aromatic heterocycles. The standard InChI is InChI=1S/C15H19BrClNO2/c16-13-10-11(6-7-14(13)17)15(19)18-8-9-20-12-4-2-1-3-5-12/h6-7,10,12H,1-5,8-9H2,(H,18,19). The third-order valence-electron chi connectivity index (χ3n) is 3.48. The molecule has 1 aromatic carbocycles. The average molecular weight is 361 g/mol. The van der Waals surface area contributed by atoms with E-state index in [0.29, 0.717) is 29.8 Å². The summed E-state index contributed by atoms with van der Waals surface area (Å²) in [6, 6.07) is 5.14. The van der Waals surface area contributed by atoms with E-state index >= 15 is 0 Å². The van der Waals surface area contributed by atoms with Crippen LogP contribution in [0.5, 0.6) is 0 Å². The summed E-state index contributed by atoms with van der Waals surface area (Å²) in [5.74, 6) is -0.102. The van der Waals surface area contributed by atoms with Gasteiger partial charge in [-0.1, -0.05) is 30.9 Å². The average Bonchev–Trinajstić information content (AvgIpc) is 2.47. The topological polar surface area (TPSA) is 38.3 Å². The van der Waals surface area contributed by atoms with E-state index in [0.717, 1.165) is 17.3 Å². The van der Waals surface area contributed by atoms with Gasteiger partial charge in [-0.05, 0) is 47.0 Å². The number of rotatable bonds is 5. The molecule has 1 saturated carbocycles. The van der Waals surface area contributed by atoms with Crippen molar-refractivity contribution in [1.82, 2.24) is 5.32 Å². The highest BCUT2D eigenvalue weighted by atomic mass is 79.9. The van der Waals surface area contributed by atoms with Gasteiger partial charge in [0.15, 0.2) is 0 Å². The largest absolute Gasteiger partial charge is 0.376 e. The lowest BCUT2D eigenvalue weighted by Crippen LogP contribution is -2.29. The van der Waals surface area contributed by atoms with Crippen LogP contribution in [0.2, 0.25) is 5.02 Å².